The summed E-state index contributed by atoms with van der Waals surface area (Å²) in [5, 5.41) is 2.94. The zero-order chi connectivity index (χ0) is 15.3. The average molecular weight is 300 g/mol. The standard InChI is InChI=1S/C15H28N2O2S/c1-6-15(7-2)14(19)16-12(11(4)5)13(18)17(15)9-10-20-8-3/h11-12H,6-10H2,1-5H3,(H,16,19). The molecule has 0 bridgehead atoms. The summed E-state index contributed by atoms with van der Waals surface area (Å²) in [6, 6.07) is -0.375. The fourth-order valence-corrected chi connectivity index (χ4v) is 3.47. The highest BCUT2D eigenvalue weighted by Crippen LogP contribution is 2.30. The van der Waals surface area contributed by atoms with Crippen LogP contribution in [0.3, 0.4) is 0 Å². The minimum Gasteiger partial charge on any atom is -0.342 e. The van der Waals surface area contributed by atoms with E-state index < -0.39 is 5.54 Å². The molecule has 1 unspecified atom stereocenters. The molecule has 1 fully saturated rings. The smallest absolute Gasteiger partial charge is 0.246 e. The Labute approximate surface area is 127 Å². The molecule has 4 nitrogen and oxygen atoms in total. The monoisotopic (exact) mass is 300 g/mol. The van der Waals surface area contributed by atoms with Gasteiger partial charge in [0, 0.05) is 12.3 Å². The van der Waals surface area contributed by atoms with Crippen LogP contribution in [-0.2, 0) is 9.59 Å². The number of carbonyl (C=O) groups excluding carboxylic acids is 2. The number of rotatable bonds is 7. The van der Waals surface area contributed by atoms with Gasteiger partial charge in [0.25, 0.3) is 0 Å². The molecule has 116 valence electrons. The first-order chi connectivity index (χ1) is 9.44. The van der Waals surface area contributed by atoms with Crippen LogP contribution in [0.2, 0.25) is 0 Å². The summed E-state index contributed by atoms with van der Waals surface area (Å²) in [6.07, 6.45) is 1.34. The molecule has 1 saturated heterocycles. The third-order valence-corrected chi connectivity index (χ3v) is 5.14. The molecule has 0 aromatic heterocycles. The highest BCUT2D eigenvalue weighted by molar-refractivity contribution is 7.99. The number of carbonyl (C=O) groups is 2. The predicted molar refractivity (Wildman–Crippen MR) is 84.8 cm³/mol. The lowest BCUT2D eigenvalue weighted by Crippen LogP contribution is -2.71. The van der Waals surface area contributed by atoms with Gasteiger partial charge >= 0.3 is 0 Å². The van der Waals surface area contributed by atoms with Gasteiger partial charge in [-0.1, -0.05) is 34.6 Å². The maximum atomic E-state index is 12.7. The summed E-state index contributed by atoms with van der Waals surface area (Å²) < 4.78 is 0. The van der Waals surface area contributed by atoms with Gasteiger partial charge in [-0.2, -0.15) is 11.8 Å². The van der Waals surface area contributed by atoms with Crippen molar-refractivity contribution in [3.63, 3.8) is 0 Å². The zero-order valence-electron chi connectivity index (χ0n) is 13.4. The highest BCUT2D eigenvalue weighted by atomic mass is 32.2. The minimum absolute atomic E-state index is 0.0160. The molecule has 2 amide bonds. The lowest BCUT2D eigenvalue weighted by molar-refractivity contribution is -0.159. The fourth-order valence-electron chi connectivity index (χ4n) is 2.87. The van der Waals surface area contributed by atoms with Crippen LogP contribution in [-0.4, -0.2) is 46.3 Å². The van der Waals surface area contributed by atoms with E-state index in [-0.39, 0.29) is 23.8 Å². The minimum atomic E-state index is -0.656. The maximum absolute atomic E-state index is 12.7. The summed E-state index contributed by atoms with van der Waals surface area (Å²) in [7, 11) is 0. The van der Waals surface area contributed by atoms with Gasteiger partial charge in [0.05, 0.1) is 0 Å². The molecule has 5 heteroatoms. The largest absolute Gasteiger partial charge is 0.342 e. The molecular formula is C15H28N2O2S. The normalized spacial score (nSPS) is 22.3. The number of nitrogens with zero attached hydrogens (tertiary/aromatic N) is 1. The van der Waals surface area contributed by atoms with Crippen LogP contribution >= 0.6 is 11.8 Å². The Balaban J connectivity index is 3.03. The molecule has 1 aliphatic heterocycles. The van der Waals surface area contributed by atoms with E-state index in [1.165, 1.54) is 0 Å². The van der Waals surface area contributed by atoms with Crippen LogP contribution in [0.25, 0.3) is 0 Å². The van der Waals surface area contributed by atoms with Crippen molar-refractivity contribution in [2.24, 2.45) is 5.92 Å². The van der Waals surface area contributed by atoms with Crippen molar-refractivity contribution in [3.8, 4) is 0 Å². The van der Waals surface area contributed by atoms with Gasteiger partial charge in [-0.15, -0.1) is 0 Å². The van der Waals surface area contributed by atoms with E-state index in [0.717, 1.165) is 11.5 Å². The second-order valence-corrected chi connectivity index (χ2v) is 7.01. The van der Waals surface area contributed by atoms with Gasteiger partial charge in [-0.25, -0.2) is 0 Å². The van der Waals surface area contributed by atoms with Crippen molar-refractivity contribution < 1.29 is 9.59 Å². The Morgan fingerprint density at radius 3 is 2.30 bits per heavy atom. The van der Waals surface area contributed by atoms with E-state index in [9.17, 15) is 9.59 Å². The van der Waals surface area contributed by atoms with Gasteiger partial charge in [-0.05, 0) is 24.5 Å². The molecule has 0 aliphatic carbocycles. The van der Waals surface area contributed by atoms with Crippen molar-refractivity contribution in [3.05, 3.63) is 0 Å². The first-order valence-corrected chi connectivity index (χ1v) is 8.80. The molecular weight excluding hydrogens is 272 g/mol. The number of hydrogen-bond donors (Lipinski definition) is 1. The van der Waals surface area contributed by atoms with Gasteiger partial charge in [0.15, 0.2) is 0 Å². The number of nitrogens with one attached hydrogen (secondary N) is 1. The lowest BCUT2D eigenvalue weighted by atomic mass is 9.84. The van der Waals surface area contributed by atoms with Gasteiger partial charge < -0.3 is 10.2 Å². The molecule has 0 saturated carbocycles. The Bertz CT molecular complexity index is 354. The zero-order valence-corrected chi connectivity index (χ0v) is 14.2. The summed E-state index contributed by atoms with van der Waals surface area (Å²) in [6.45, 7) is 10.7. The molecule has 1 N–H and O–H groups in total. The Kier molecular flexibility index (Phi) is 6.37. The van der Waals surface area contributed by atoms with E-state index >= 15 is 0 Å². The fraction of sp³-hybridized carbons (Fsp3) is 0.867. The van der Waals surface area contributed by atoms with E-state index in [1.54, 1.807) is 0 Å². The number of hydrogen-bond acceptors (Lipinski definition) is 3. The first-order valence-electron chi connectivity index (χ1n) is 7.64. The predicted octanol–water partition coefficient (Wildman–Crippen LogP) is 2.28. The van der Waals surface area contributed by atoms with E-state index in [2.05, 4.69) is 12.2 Å². The molecule has 0 spiro atoms. The van der Waals surface area contributed by atoms with E-state index in [0.29, 0.717) is 19.4 Å². The number of piperazine rings is 1. The van der Waals surface area contributed by atoms with E-state index in [4.69, 9.17) is 0 Å². The maximum Gasteiger partial charge on any atom is 0.246 e. The van der Waals surface area contributed by atoms with Gasteiger partial charge in [-0.3, -0.25) is 9.59 Å². The summed E-state index contributed by atoms with van der Waals surface area (Å²) in [5.74, 6) is 2.15. The van der Waals surface area contributed by atoms with E-state index in [1.807, 2.05) is 44.4 Å². The topological polar surface area (TPSA) is 49.4 Å². The SMILES string of the molecule is CCSCCN1C(=O)C(C(C)C)NC(=O)C1(CC)CC. The second-order valence-electron chi connectivity index (χ2n) is 5.62. The molecule has 0 radical (unpaired) electrons. The van der Waals surface area contributed by atoms with Gasteiger partial charge in [0.1, 0.15) is 11.6 Å². The number of amides is 2. The molecule has 20 heavy (non-hydrogen) atoms. The van der Waals surface area contributed by atoms with Crippen LogP contribution in [0.5, 0.6) is 0 Å². The Morgan fingerprint density at radius 2 is 1.85 bits per heavy atom. The van der Waals surface area contributed by atoms with Crippen molar-refractivity contribution in [2.75, 3.05) is 18.1 Å². The molecule has 1 heterocycles. The molecule has 0 aromatic rings. The summed E-state index contributed by atoms with van der Waals surface area (Å²) >= 11 is 1.81. The molecule has 1 aliphatic rings. The lowest BCUT2D eigenvalue weighted by Gasteiger charge is -2.48. The summed E-state index contributed by atoms with van der Waals surface area (Å²) in [5.41, 5.74) is -0.656. The highest BCUT2D eigenvalue weighted by Gasteiger charge is 2.50. The Morgan fingerprint density at radius 1 is 1.25 bits per heavy atom. The quantitative estimate of drug-likeness (QED) is 0.734. The van der Waals surface area contributed by atoms with Crippen LogP contribution in [0.1, 0.15) is 47.5 Å². The van der Waals surface area contributed by atoms with Crippen molar-refractivity contribution in [2.45, 2.75) is 59.0 Å². The first kappa shape index (κ1) is 17.3. The third kappa shape index (κ3) is 3.13. The molecule has 1 atom stereocenters. The third-order valence-electron chi connectivity index (χ3n) is 4.26. The van der Waals surface area contributed by atoms with Crippen LogP contribution in [0.15, 0.2) is 0 Å². The summed E-state index contributed by atoms with van der Waals surface area (Å²) in [4.78, 5) is 27.2. The van der Waals surface area contributed by atoms with Crippen LogP contribution in [0.4, 0.5) is 0 Å². The Hall–Kier alpha value is -0.710. The number of thioether (sulfide) groups is 1. The van der Waals surface area contributed by atoms with Crippen molar-refractivity contribution in [1.82, 2.24) is 10.2 Å². The van der Waals surface area contributed by atoms with Crippen molar-refractivity contribution >= 4 is 23.6 Å². The average Bonchev–Trinajstić information content (AvgIpc) is 2.42. The molecule has 0 aromatic carbocycles. The second kappa shape index (κ2) is 7.34. The van der Waals surface area contributed by atoms with Gasteiger partial charge in [0.2, 0.25) is 11.8 Å². The van der Waals surface area contributed by atoms with Crippen LogP contribution in [0, 0.1) is 5.92 Å². The van der Waals surface area contributed by atoms with Crippen molar-refractivity contribution in [1.29, 1.82) is 0 Å². The molecule has 1 rings (SSSR count). The van der Waals surface area contributed by atoms with Crippen LogP contribution < -0.4 is 5.32 Å².